The first-order valence-electron chi connectivity index (χ1n) is 7.96. The molecule has 1 aliphatic rings. The Labute approximate surface area is 122 Å². The first-order chi connectivity index (χ1) is 9.74. The van der Waals surface area contributed by atoms with Crippen LogP contribution in [0.1, 0.15) is 50.7 Å². The average Bonchev–Trinajstić information content (AvgIpc) is 2.99. The fraction of sp³-hybridized carbons (Fsp3) is 0.647. The summed E-state index contributed by atoms with van der Waals surface area (Å²) in [7, 11) is 0. The fourth-order valence-corrected chi connectivity index (χ4v) is 3.12. The lowest BCUT2D eigenvalue weighted by molar-refractivity contribution is 0.198. The first-order valence-corrected chi connectivity index (χ1v) is 7.96. The molecule has 1 saturated carbocycles. The standard InChI is InChI=1S/C17H27FN2/c1-3-19-12-14-9-10-17(18)15(11-14)13-20(4-2)16-7-5-6-8-16/h9-11,16,19H,3-8,12-13H2,1-2H3. The van der Waals surface area contributed by atoms with Gasteiger partial charge < -0.3 is 5.32 Å². The summed E-state index contributed by atoms with van der Waals surface area (Å²) >= 11 is 0. The lowest BCUT2D eigenvalue weighted by atomic mass is 10.1. The van der Waals surface area contributed by atoms with E-state index < -0.39 is 0 Å². The lowest BCUT2D eigenvalue weighted by Crippen LogP contribution is -2.32. The molecule has 1 aliphatic carbocycles. The Bertz CT molecular complexity index is 413. The summed E-state index contributed by atoms with van der Waals surface area (Å²) in [5.74, 6) is -0.0679. The zero-order valence-electron chi connectivity index (χ0n) is 12.8. The molecule has 0 bridgehead atoms. The molecule has 1 N–H and O–H groups in total. The van der Waals surface area contributed by atoms with Gasteiger partial charge in [-0.1, -0.05) is 38.8 Å². The highest BCUT2D eigenvalue weighted by atomic mass is 19.1. The number of rotatable bonds is 7. The molecule has 0 amide bonds. The van der Waals surface area contributed by atoms with Crippen LogP contribution in [0, 0.1) is 5.82 Å². The van der Waals surface area contributed by atoms with Crippen molar-refractivity contribution in [1.29, 1.82) is 0 Å². The van der Waals surface area contributed by atoms with Crippen LogP contribution in [0.3, 0.4) is 0 Å². The zero-order valence-corrected chi connectivity index (χ0v) is 12.8. The van der Waals surface area contributed by atoms with Gasteiger partial charge in [0.2, 0.25) is 0 Å². The zero-order chi connectivity index (χ0) is 14.4. The second-order valence-electron chi connectivity index (χ2n) is 5.71. The molecule has 2 nitrogen and oxygen atoms in total. The quantitative estimate of drug-likeness (QED) is 0.818. The van der Waals surface area contributed by atoms with E-state index in [0.29, 0.717) is 6.04 Å². The minimum atomic E-state index is -0.0679. The van der Waals surface area contributed by atoms with Crippen molar-refractivity contribution in [1.82, 2.24) is 10.2 Å². The minimum absolute atomic E-state index is 0.0679. The largest absolute Gasteiger partial charge is 0.313 e. The van der Waals surface area contributed by atoms with Gasteiger partial charge in [0.25, 0.3) is 0 Å². The summed E-state index contributed by atoms with van der Waals surface area (Å²) in [4.78, 5) is 2.43. The van der Waals surface area contributed by atoms with Gasteiger partial charge in [0.1, 0.15) is 5.82 Å². The minimum Gasteiger partial charge on any atom is -0.313 e. The highest BCUT2D eigenvalue weighted by molar-refractivity contribution is 5.25. The lowest BCUT2D eigenvalue weighted by Gasteiger charge is -2.27. The Morgan fingerprint density at radius 3 is 2.65 bits per heavy atom. The molecule has 0 unspecified atom stereocenters. The number of hydrogen-bond donors (Lipinski definition) is 1. The summed E-state index contributed by atoms with van der Waals surface area (Å²) < 4.78 is 14.0. The van der Waals surface area contributed by atoms with Crippen LogP contribution in [0.15, 0.2) is 18.2 Å². The van der Waals surface area contributed by atoms with Crippen molar-refractivity contribution in [3.05, 3.63) is 35.1 Å². The fourth-order valence-electron chi connectivity index (χ4n) is 3.12. The molecular formula is C17H27FN2. The van der Waals surface area contributed by atoms with Crippen molar-refractivity contribution in [2.45, 2.75) is 58.7 Å². The van der Waals surface area contributed by atoms with Gasteiger partial charge in [0.05, 0.1) is 0 Å². The Kier molecular flexibility index (Phi) is 5.99. The van der Waals surface area contributed by atoms with E-state index in [1.807, 2.05) is 12.1 Å². The smallest absolute Gasteiger partial charge is 0.127 e. The van der Waals surface area contributed by atoms with Crippen LogP contribution < -0.4 is 5.32 Å². The van der Waals surface area contributed by atoms with Crippen molar-refractivity contribution in [3.8, 4) is 0 Å². The van der Waals surface area contributed by atoms with Gasteiger partial charge in [-0.05, 0) is 37.6 Å². The van der Waals surface area contributed by atoms with E-state index in [1.54, 1.807) is 6.07 Å². The Hall–Kier alpha value is -0.930. The molecular weight excluding hydrogens is 251 g/mol. The Morgan fingerprint density at radius 2 is 2.00 bits per heavy atom. The Morgan fingerprint density at radius 1 is 1.25 bits per heavy atom. The molecule has 20 heavy (non-hydrogen) atoms. The number of hydrogen-bond acceptors (Lipinski definition) is 2. The molecule has 0 heterocycles. The molecule has 0 spiro atoms. The normalized spacial score (nSPS) is 16.2. The van der Waals surface area contributed by atoms with Gasteiger partial charge in [-0.15, -0.1) is 0 Å². The van der Waals surface area contributed by atoms with E-state index in [1.165, 1.54) is 31.2 Å². The van der Waals surface area contributed by atoms with Crippen LogP contribution in [-0.4, -0.2) is 24.0 Å². The van der Waals surface area contributed by atoms with E-state index in [9.17, 15) is 4.39 Å². The Balaban J connectivity index is 2.05. The molecule has 2 rings (SSSR count). The first kappa shape index (κ1) is 15.5. The number of benzene rings is 1. The van der Waals surface area contributed by atoms with Gasteiger partial charge in [-0.2, -0.15) is 0 Å². The number of nitrogens with one attached hydrogen (secondary N) is 1. The van der Waals surface area contributed by atoms with E-state index in [2.05, 4.69) is 24.1 Å². The number of nitrogens with zero attached hydrogens (tertiary/aromatic N) is 1. The molecule has 1 fully saturated rings. The van der Waals surface area contributed by atoms with Gasteiger partial charge >= 0.3 is 0 Å². The van der Waals surface area contributed by atoms with E-state index in [0.717, 1.165) is 31.7 Å². The highest BCUT2D eigenvalue weighted by Crippen LogP contribution is 2.25. The van der Waals surface area contributed by atoms with Crippen molar-refractivity contribution in [2.75, 3.05) is 13.1 Å². The molecule has 0 radical (unpaired) electrons. The monoisotopic (exact) mass is 278 g/mol. The summed E-state index contributed by atoms with van der Waals surface area (Å²) in [5.41, 5.74) is 2.01. The molecule has 112 valence electrons. The van der Waals surface area contributed by atoms with Crippen LogP contribution >= 0.6 is 0 Å². The maximum absolute atomic E-state index is 14.0. The maximum Gasteiger partial charge on any atom is 0.127 e. The van der Waals surface area contributed by atoms with Crippen LogP contribution in [0.25, 0.3) is 0 Å². The topological polar surface area (TPSA) is 15.3 Å². The molecule has 0 saturated heterocycles. The summed E-state index contributed by atoms with van der Waals surface area (Å²) in [6.07, 6.45) is 5.19. The molecule has 0 aromatic heterocycles. The summed E-state index contributed by atoms with van der Waals surface area (Å²) in [5, 5.41) is 3.30. The maximum atomic E-state index is 14.0. The van der Waals surface area contributed by atoms with Crippen molar-refractivity contribution < 1.29 is 4.39 Å². The van der Waals surface area contributed by atoms with Crippen molar-refractivity contribution in [3.63, 3.8) is 0 Å². The van der Waals surface area contributed by atoms with Gasteiger partial charge in [0, 0.05) is 24.7 Å². The van der Waals surface area contributed by atoms with Crippen LogP contribution in [-0.2, 0) is 13.1 Å². The third-order valence-corrected chi connectivity index (χ3v) is 4.31. The van der Waals surface area contributed by atoms with E-state index in [4.69, 9.17) is 0 Å². The molecule has 1 aromatic carbocycles. The predicted octanol–water partition coefficient (Wildman–Crippen LogP) is 3.70. The van der Waals surface area contributed by atoms with Gasteiger partial charge in [-0.3, -0.25) is 4.90 Å². The SMILES string of the molecule is CCNCc1ccc(F)c(CN(CC)C2CCCC2)c1. The summed E-state index contributed by atoms with van der Waals surface area (Å²) in [6.45, 7) is 7.77. The second kappa shape index (κ2) is 7.75. The van der Waals surface area contributed by atoms with E-state index in [-0.39, 0.29) is 5.82 Å². The highest BCUT2D eigenvalue weighted by Gasteiger charge is 2.22. The van der Waals surface area contributed by atoms with Gasteiger partial charge in [0.15, 0.2) is 0 Å². The van der Waals surface area contributed by atoms with Gasteiger partial charge in [-0.25, -0.2) is 4.39 Å². The second-order valence-corrected chi connectivity index (χ2v) is 5.71. The van der Waals surface area contributed by atoms with Crippen LogP contribution in [0.2, 0.25) is 0 Å². The molecule has 3 heteroatoms. The molecule has 1 aromatic rings. The van der Waals surface area contributed by atoms with Crippen LogP contribution in [0.5, 0.6) is 0 Å². The molecule has 0 atom stereocenters. The average molecular weight is 278 g/mol. The number of halogens is 1. The third-order valence-electron chi connectivity index (χ3n) is 4.31. The predicted molar refractivity (Wildman–Crippen MR) is 82.1 cm³/mol. The van der Waals surface area contributed by atoms with Crippen LogP contribution in [0.4, 0.5) is 4.39 Å². The van der Waals surface area contributed by atoms with E-state index >= 15 is 0 Å². The summed E-state index contributed by atoms with van der Waals surface area (Å²) in [6, 6.07) is 6.17. The molecule has 0 aliphatic heterocycles. The van der Waals surface area contributed by atoms with Crippen molar-refractivity contribution >= 4 is 0 Å². The van der Waals surface area contributed by atoms with Crippen molar-refractivity contribution in [2.24, 2.45) is 0 Å². The third kappa shape index (κ3) is 4.03.